The number of hydrogen-bond acceptors (Lipinski definition) is 13. The van der Waals surface area contributed by atoms with Gasteiger partial charge in [-0.2, -0.15) is 11.8 Å². The van der Waals surface area contributed by atoms with Crippen LogP contribution in [0.5, 0.6) is 0 Å². The Hall–Kier alpha value is -5.81. The van der Waals surface area contributed by atoms with Crippen LogP contribution in [-0.2, 0) is 54.4 Å². The summed E-state index contributed by atoms with van der Waals surface area (Å²) in [4.78, 5) is 129. The first-order valence-electron chi connectivity index (χ1n) is 20.0. The van der Waals surface area contributed by atoms with Crippen LogP contribution in [0.2, 0.25) is 0 Å². The van der Waals surface area contributed by atoms with E-state index in [-0.39, 0.29) is 31.7 Å². The molecule has 2 rings (SSSR count). The summed E-state index contributed by atoms with van der Waals surface area (Å²) in [5, 5.41) is 43.8. The Balaban J connectivity index is 2.23. The number of carboxylic acid groups (broad SMARTS) is 2. The number of aliphatic hydroxyl groups excluding tert-OH is 1. The summed E-state index contributed by atoms with van der Waals surface area (Å²) in [6.45, 7) is 3.93. The quantitative estimate of drug-likeness (QED) is 0.0434. The lowest BCUT2D eigenvalue weighted by atomic mass is 9.99. The van der Waals surface area contributed by atoms with Gasteiger partial charge in [0.15, 0.2) is 0 Å². The third-order valence-electron chi connectivity index (χ3n) is 10.1. The summed E-state index contributed by atoms with van der Waals surface area (Å²) in [6, 6.07) is -1.54. The van der Waals surface area contributed by atoms with Crippen molar-refractivity contribution < 1.29 is 63.3 Å². The van der Waals surface area contributed by atoms with Gasteiger partial charge in [-0.15, -0.1) is 0 Å². The first-order valence-corrected chi connectivity index (χ1v) is 21.4. The molecule has 0 aliphatic carbocycles. The highest BCUT2D eigenvalue weighted by Gasteiger charge is 2.40. The van der Waals surface area contributed by atoms with Gasteiger partial charge in [0.05, 0.1) is 31.5 Å². The van der Waals surface area contributed by atoms with Gasteiger partial charge in [0.25, 0.3) is 0 Å². The number of carboxylic acids is 2. The lowest BCUT2D eigenvalue weighted by Crippen LogP contribution is -2.60. The maximum absolute atomic E-state index is 13.8. The van der Waals surface area contributed by atoms with Gasteiger partial charge in [-0.3, -0.25) is 43.2 Å². The van der Waals surface area contributed by atoms with Gasteiger partial charge in [-0.25, -0.2) is 4.79 Å². The van der Waals surface area contributed by atoms with E-state index in [1.807, 2.05) is 0 Å². The number of thioether (sulfide) groups is 1. The lowest BCUT2D eigenvalue weighted by molar-refractivity contribution is -0.150. The van der Waals surface area contributed by atoms with Crippen LogP contribution >= 0.6 is 11.8 Å². The maximum Gasteiger partial charge on any atom is 0.326 e. The molecule has 23 heteroatoms. The minimum absolute atomic E-state index is 0.0258. The number of amides is 8. The van der Waals surface area contributed by atoms with Crippen LogP contribution in [0.4, 0.5) is 0 Å². The molecule has 1 aliphatic rings. The number of rotatable bonds is 26. The van der Waals surface area contributed by atoms with Gasteiger partial charge in [-0.05, 0) is 49.7 Å². The molecular formula is C39H59N9O13S. The Bertz CT molecular complexity index is 1770. The number of nitrogens with zero attached hydrogens (tertiary/aromatic N) is 1. The van der Waals surface area contributed by atoms with Crippen molar-refractivity contribution in [3.63, 3.8) is 0 Å². The van der Waals surface area contributed by atoms with Gasteiger partial charge in [0.1, 0.15) is 36.3 Å². The van der Waals surface area contributed by atoms with Gasteiger partial charge in [0.2, 0.25) is 47.3 Å². The molecule has 1 heterocycles. The van der Waals surface area contributed by atoms with Crippen molar-refractivity contribution in [3.8, 4) is 0 Å². The van der Waals surface area contributed by atoms with Gasteiger partial charge < -0.3 is 63.6 Å². The van der Waals surface area contributed by atoms with Crippen molar-refractivity contribution in [2.45, 2.75) is 114 Å². The molecule has 8 amide bonds. The van der Waals surface area contributed by atoms with E-state index in [2.05, 4.69) is 31.9 Å². The minimum atomic E-state index is -1.70. The normalized spacial score (nSPS) is 17.3. The van der Waals surface area contributed by atoms with Crippen LogP contribution in [0.15, 0.2) is 30.3 Å². The van der Waals surface area contributed by atoms with E-state index in [1.54, 1.807) is 50.4 Å². The molecule has 344 valence electrons. The molecule has 1 aromatic carbocycles. The molecule has 0 spiro atoms. The van der Waals surface area contributed by atoms with Crippen molar-refractivity contribution in [2.75, 3.05) is 25.1 Å². The predicted molar refractivity (Wildman–Crippen MR) is 223 cm³/mol. The van der Waals surface area contributed by atoms with Crippen molar-refractivity contribution in [1.29, 1.82) is 0 Å². The summed E-state index contributed by atoms with van der Waals surface area (Å²) >= 11 is 1.33. The molecule has 0 radical (unpaired) electrons. The Labute approximate surface area is 362 Å². The van der Waals surface area contributed by atoms with Crippen LogP contribution < -0.4 is 43.4 Å². The summed E-state index contributed by atoms with van der Waals surface area (Å²) in [7, 11) is 0. The number of carbonyl (C=O) groups is 10. The second kappa shape index (κ2) is 25.8. The van der Waals surface area contributed by atoms with Crippen LogP contribution in [-0.4, -0.2) is 153 Å². The zero-order valence-electron chi connectivity index (χ0n) is 35.1. The largest absolute Gasteiger partial charge is 0.481 e. The molecule has 9 atom stereocenters. The number of aliphatic carboxylic acids is 2. The number of primary amides is 1. The third-order valence-corrected chi connectivity index (χ3v) is 10.7. The molecule has 1 aliphatic heterocycles. The summed E-state index contributed by atoms with van der Waals surface area (Å²) in [6.07, 6.45) is -0.458. The lowest BCUT2D eigenvalue weighted by Gasteiger charge is -2.28. The second-order valence-corrected chi connectivity index (χ2v) is 15.9. The Morgan fingerprint density at radius 1 is 0.806 bits per heavy atom. The summed E-state index contributed by atoms with van der Waals surface area (Å²) < 4.78 is 0. The van der Waals surface area contributed by atoms with E-state index >= 15 is 0 Å². The number of carbonyl (C=O) groups excluding carboxylic acids is 8. The zero-order chi connectivity index (χ0) is 46.7. The highest BCUT2D eigenvalue weighted by atomic mass is 32.2. The third kappa shape index (κ3) is 16.9. The molecule has 1 aromatic rings. The zero-order valence-corrected chi connectivity index (χ0v) is 35.9. The predicted octanol–water partition coefficient (Wildman–Crippen LogP) is -3.30. The topological polar surface area (TPSA) is 359 Å². The monoisotopic (exact) mass is 893 g/mol. The molecule has 62 heavy (non-hydrogen) atoms. The first-order chi connectivity index (χ1) is 29.2. The van der Waals surface area contributed by atoms with E-state index in [1.165, 1.54) is 11.8 Å². The molecule has 1 fully saturated rings. The maximum atomic E-state index is 13.8. The number of aliphatic hydroxyl groups is 1. The Morgan fingerprint density at radius 3 is 1.97 bits per heavy atom. The van der Waals surface area contributed by atoms with Crippen molar-refractivity contribution in [3.05, 3.63) is 35.9 Å². The van der Waals surface area contributed by atoms with Crippen LogP contribution in [0.1, 0.15) is 64.9 Å². The smallest absolute Gasteiger partial charge is 0.326 e. The Kier molecular flexibility index (Phi) is 21.8. The summed E-state index contributed by atoms with van der Waals surface area (Å²) in [5.41, 5.74) is 11.8. The molecule has 0 saturated carbocycles. The number of hydrogen-bond donors (Lipinski definition) is 11. The number of benzene rings is 1. The van der Waals surface area contributed by atoms with E-state index < -0.39 is 127 Å². The highest BCUT2D eigenvalue weighted by Crippen LogP contribution is 2.19. The SMILES string of the molecule is CC[C@H](C)[C@H](N)C(=O)N[C@@H](CC(N)=O)C(=O)N[C@H](C(=O)NCC(=O)N[C@@H](CCSC)C(=O)N[C@@H](Cc1ccccc1)C(=O)N[C@@H](CC(=O)O)C(=O)N1CCC[C@H]1C(=O)O)[C@@H](C)O. The highest BCUT2D eigenvalue weighted by molar-refractivity contribution is 7.98. The average molecular weight is 894 g/mol. The molecule has 0 aromatic heterocycles. The Morgan fingerprint density at radius 2 is 1.40 bits per heavy atom. The first kappa shape index (κ1) is 52.3. The van der Waals surface area contributed by atoms with E-state index in [9.17, 15) is 63.3 Å². The molecule has 22 nitrogen and oxygen atoms in total. The molecule has 0 bridgehead atoms. The van der Waals surface area contributed by atoms with E-state index in [4.69, 9.17) is 11.5 Å². The fourth-order valence-corrected chi connectivity index (χ4v) is 6.81. The standard InChI is InChI=1S/C39H59N9O13S/c1-5-20(2)31(41)36(57)45-25(17-28(40)50)35(56)47-32(21(3)49)37(58)42-19-29(51)43-23(13-15-62-4)33(54)44-24(16-22-10-7-6-8-11-22)34(55)46-26(18-30(52)53)38(59)48-14-9-12-27(48)39(60)61/h6-8,10-11,20-21,23-27,31-32,49H,5,9,12-19,41H2,1-4H3,(H2,40,50)(H,42,58)(H,43,51)(H,44,54)(H,45,57)(H,46,55)(H,47,56)(H,52,53)(H,60,61)/t20-,21+,23-,24-,25-,26-,27-,31-,32-/m0/s1. The molecule has 0 unspecified atom stereocenters. The second-order valence-electron chi connectivity index (χ2n) is 14.9. The average Bonchev–Trinajstić information content (AvgIpc) is 3.72. The van der Waals surface area contributed by atoms with Crippen LogP contribution in [0.3, 0.4) is 0 Å². The van der Waals surface area contributed by atoms with Gasteiger partial charge >= 0.3 is 11.9 Å². The fourth-order valence-electron chi connectivity index (χ4n) is 6.34. The van der Waals surface area contributed by atoms with Crippen molar-refractivity contribution in [2.24, 2.45) is 17.4 Å². The van der Waals surface area contributed by atoms with Crippen LogP contribution in [0, 0.1) is 5.92 Å². The van der Waals surface area contributed by atoms with E-state index in [0.717, 1.165) is 11.8 Å². The number of nitrogens with one attached hydrogen (secondary N) is 6. The van der Waals surface area contributed by atoms with E-state index in [0.29, 0.717) is 24.2 Å². The van der Waals surface area contributed by atoms with Crippen molar-refractivity contribution in [1.82, 2.24) is 36.8 Å². The number of nitrogens with two attached hydrogens (primary N) is 2. The fraction of sp³-hybridized carbons (Fsp3) is 0.590. The summed E-state index contributed by atoms with van der Waals surface area (Å²) in [5.74, 6) is -10.2. The molecule has 1 saturated heterocycles. The van der Waals surface area contributed by atoms with Gasteiger partial charge in [0, 0.05) is 13.0 Å². The van der Waals surface area contributed by atoms with Crippen molar-refractivity contribution >= 4 is 71.0 Å². The minimum Gasteiger partial charge on any atom is -0.481 e. The molecule has 13 N–H and O–H groups in total. The van der Waals surface area contributed by atoms with Crippen LogP contribution in [0.25, 0.3) is 0 Å². The van der Waals surface area contributed by atoms with Gasteiger partial charge in [-0.1, -0.05) is 50.6 Å². The molecular weight excluding hydrogens is 835 g/mol. The number of likely N-dealkylation sites (tertiary alicyclic amines) is 1.